The lowest BCUT2D eigenvalue weighted by Crippen LogP contribution is -2.36. The van der Waals surface area contributed by atoms with E-state index in [1.165, 1.54) is 22.9 Å². The number of aromatic hydroxyl groups is 1. The summed E-state index contributed by atoms with van der Waals surface area (Å²) in [6.07, 6.45) is 4.07. The molecule has 3 heterocycles. The maximum Gasteiger partial charge on any atom is 0.221 e. The van der Waals surface area contributed by atoms with Gasteiger partial charge in [0.2, 0.25) is 5.91 Å². The third-order valence-electron chi connectivity index (χ3n) is 7.68. The molecule has 192 valence electrons. The largest absolute Gasteiger partial charge is 0.507 e. The molecule has 1 fully saturated rings. The molecule has 0 aliphatic carbocycles. The van der Waals surface area contributed by atoms with Crippen molar-refractivity contribution in [2.45, 2.75) is 42.0 Å². The zero-order chi connectivity index (χ0) is 26.1. The minimum Gasteiger partial charge on any atom is -0.507 e. The standard InChI is InChI=1S/C32H31N3O2S/c1-21(36)34-28-10-3-2-8-25(28)23-12-13-26-30(19-23)38-32-27(9-6-11-29(32)37)31(26)22-14-17-35(18-15-22)20-24-7-4-5-16-33-24/h2-13,16,19,22,31,37H,14-15,17-18,20H2,1H3,(H,34,36). The summed E-state index contributed by atoms with van der Waals surface area (Å²) in [6.45, 7) is 4.50. The summed E-state index contributed by atoms with van der Waals surface area (Å²) in [6, 6.07) is 26.6. The Morgan fingerprint density at radius 1 is 1.00 bits per heavy atom. The van der Waals surface area contributed by atoms with Crippen LogP contribution in [-0.2, 0) is 11.3 Å². The summed E-state index contributed by atoms with van der Waals surface area (Å²) in [5.41, 5.74) is 6.54. The van der Waals surface area contributed by atoms with Crippen molar-refractivity contribution in [1.29, 1.82) is 0 Å². The normalized spacial score (nSPS) is 17.4. The van der Waals surface area contributed by atoms with Gasteiger partial charge in [0, 0.05) is 41.7 Å². The Hall–Kier alpha value is -3.61. The molecule has 1 saturated heterocycles. The number of pyridine rings is 1. The Bertz CT molecular complexity index is 1470. The van der Waals surface area contributed by atoms with E-state index in [1.807, 2.05) is 42.6 Å². The molecule has 2 aliphatic rings. The molecule has 38 heavy (non-hydrogen) atoms. The average Bonchev–Trinajstić information content (AvgIpc) is 2.93. The van der Waals surface area contributed by atoms with E-state index in [9.17, 15) is 9.90 Å². The van der Waals surface area contributed by atoms with E-state index in [0.29, 0.717) is 11.7 Å². The molecular weight excluding hydrogens is 490 g/mol. The maximum absolute atomic E-state index is 11.8. The highest BCUT2D eigenvalue weighted by Gasteiger charge is 2.35. The molecular formula is C32H31N3O2S. The van der Waals surface area contributed by atoms with Gasteiger partial charge in [-0.1, -0.05) is 60.3 Å². The average molecular weight is 522 g/mol. The quantitative estimate of drug-likeness (QED) is 0.298. The number of rotatable bonds is 5. The number of likely N-dealkylation sites (tertiary alicyclic amines) is 1. The van der Waals surface area contributed by atoms with Gasteiger partial charge in [-0.2, -0.15) is 0 Å². The van der Waals surface area contributed by atoms with Gasteiger partial charge in [0.05, 0.1) is 10.6 Å². The number of piperidine rings is 1. The Labute approximate surface area is 227 Å². The minimum atomic E-state index is -0.0851. The van der Waals surface area contributed by atoms with Crippen molar-refractivity contribution in [2.24, 2.45) is 5.92 Å². The molecule has 4 aromatic rings. The summed E-state index contributed by atoms with van der Waals surface area (Å²) >= 11 is 1.65. The monoisotopic (exact) mass is 521 g/mol. The highest BCUT2D eigenvalue weighted by Crippen LogP contribution is 2.54. The Morgan fingerprint density at radius 2 is 1.82 bits per heavy atom. The second kappa shape index (κ2) is 10.6. The van der Waals surface area contributed by atoms with E-state index >= 15 is 0 Å². The van der Waals surface area contributed by atoms with Gasteiger partial charge in [-0.15, -0.1) is 0 Å². The van der Waals surface area contributed by atoms with Crippen molar-refractivity contribution in [1.82, 2.24) is 9.88 Å². The number of carbonyl (C=O) groups excluding carboxylic acids is 1. The molecule has 0 spiro atoms. The van der Waals surface area contributed by atoms with Crippen molar-refractivity contribution < 1.29 is 9.90 Å². The first-order valence-corrected chi connectivity index (χ1v) is 14.0. The highest BCUT2D eigenvalue weighted by atomic mass is 32.2. The van der Waals surface area contributed by atoms with Gasteiger partial charge in [0.15, 0.2) is 0 Å². The van der Waals surface area contributed by atoms with E-state index in [4.69, 9.17) is 0 Å². The van der Waals surface area contributed by atoms with Gasteiger partial charge in [-0.25, -0.2) is 0 Å². The fourth-order valence-corrected chi connectivity index (χ4v) is 7.13. The lowest BCUT2D eigenvalue weighted by molar-refractivity contribution is -0.114. The Morgan fingerprint density at radius 3 is 2.61 bits per heavy atom. The molecule has 3 aromatic carbocycles. The van der Waals surface area contributed by atoms with Gasteiger partial charge in [0.1, 0.15) is 5.75 Å². The molecule has 6 heteroatoms. The molecule has 1 atom stereocenters. The number of nitrogens with one attached hydrogen (secondary N) is 1. The SMILES string of the molecule is CC(=O)Nc1ccccc1-c1ccc2c(c1)Sc1c(O)cccc1C2C1CCN(Cc2ccccn2)CC1. The van der Waals surface area contributed by atoms with Crippen LogP contribution in [-0.4, -0.2) is 34.0 Å². The van der Waals surface area contributed by atoms with Gasteiger partial charge >= 0.3 is 0 Å². The van der Waals surface area contributed by atoms with Crippen LogP contribution in [0, 0.1) is 5.92 Å². The first-order valence-electron chi connectivity index (χ1n) is 13.2. The van der Waals surface area contributed by atoms with Crippen molar-refractivity contribution in [3.63, 3.8) is 0 Å². The smallest absolute Gasteiger partial charge is 0.221 e. The molecule has 5 nitrogen and oxygen atoms in total. The van der Waals surface area contributed by atoms with Crippen LogP contribution in [0.1, 0.15) is 42.5 Å². The molecule has 0 bridgehead atoms. The fourth-order valence-electron chi connectivity index (χ4n) is 5.93. The Balaban J connectivity index is 1.32. The predicted molar refractivity (Wildman–Crippen MR) is 152 cm³/mol. The van der Waals surface area contributed by atoms with Crippen LogP contribution in [0.25, 0.3) is 11.1 Å². The van der Waals surface area contributed by atoms with Crippen molar-refractivity contribution >= 4 is 23.4 Å². The molecule has 1 amide bonds. The van der Waals surface area contributed by atoms with Gasteiger partial charge in [-0.05, 0) is 78.9 Å². The second-order valence-corrected chi connectivity index (χ2v) is 11.2. The van der Waals surface area contributed by atoms with Gasteiger partial charge < -0.3 is 10.4 Å². The van der Waals surface area contributed by atoms with Crippen molar-refractivity contribution in [2.75, 3.05) is 18.4 Å². The molecule has 1 aromatic heterocycles. The van der Waals surface area contributed by atoms with Gasteiger partial charge in [0.25, 0.3) is 0 Å². The number of benzene rings is 3. The molecule has 2 N–H and O–H groups in total. The fraction of sp³-hybridized carbons (Fsp3) is 0.250. The minimum absolute atomic E-state index is 0.0851. The van der Waals surface area contributed by atoms with Crippen LogP contribution in [0.4, 0.5) is 5.69 Å². The zero-order valence-electron chi connectivity index (χ0n) is 21.4. The summed E-state index contributed by atoms with van der Waals surface area (Å²) in [4.78, 5) is 21.0. The van der Waals surface area contributed by atoms with E-state index in [-0.39, 0.29) is 11.8 Å². The van der Waals surface area contributed by atoms with Crippen molar-refractivity contribution in [3.05, 3.63) is 102 Å². The summed E-state index contributed by atoms with van der Waals surface area (Å²) in [5, 5.41) is 13.8. The van der Waals surface area contributed by atoms with Crippen molar-refractivity contribution in [3.8, 4) is 16.9 Å². The van der Waals surface area contributed by atoms with E-state index in [2.05, 4.69) is 51.6 Å². The van der Waals surface area contributed by atoms with Crippen LogP contribution in [0.15, 0.2) is 94.9 Å². The van der Waals surface area contributed by atoms with Crippen LogP contribution in [0.2, 0.25) is 0 Å². The number of fused-ring (bicyclic) bond motifs is 2. The number of hydrogen-bond donors (Lipinski definition) is 2. The third-order valence-corrected chi connectivity index (χ3v) is 8.91. The predicted octanol–water partition coefficient (Wildman–Crippen LogP) is 6.92. The van der Waals surface area contributed by atoms with Gasteiger partial charge in [-0.3, -0.25) is 14.7 Å². The topological polar surface area (TPSA) is 65.5 Å². The van der Waals surface area contributed by atoms with Crippen LogP contribution >= 0.6 is 11.8 Å². The number of carbonyl (C=O) groups is 1. The van der Waals surface area contributed by atoms with Crippen LogP contribution in [0.3, 0.4) is 0 Å². The van der Waals surface area contributed by atoms with Crippen LogP contribution in [0.5, 0.6) is 5.75 Å². The van der Waals surface area contributed by atoms with E-state index < -0.39 is 0 Å². The molecule has 2 aliphatic heterocycles. The number of phenols is 1. The summed E-state index contributed by atoms with van der Waals surface area (Å²) in [7, 11) is 0. The third kappa shape index (κ3) is 4.94. The summed E-state index contributed by atoms with van der Waals surface area (Å²) < 4.78 is 0. The molecule has 0 radical (unpaired) electrons. The molecule has 0 saturated carbocycles. The number of para-hydroxylation sites is 1. The first-order chi connectivity index (χ1) is 18.6. The molecule has 6 rings (SSSR count). The zero-order valence-corrected chi connectivity index (χ0v) is 22.2. The first kappa shape index (κ1) is 24.7. The number of aromatic nitrogens is 1. The van der Waals surface area contributed by atoms with Crippen LogP contribution < -0.4 is 5.32 Å². The summed E-state index contributed by atoms with van der Waals surface area (Å²) in [5.74, 6) is 0.996. The number of nitrogens with zero attached hydrogens (tertiary/aromatic N) is 2. The Kier molecular flexibility index (Phi) is 6.92. The lowest BCUT2D eigenvalue weighted by Gasteiger charge is -2.39. The number of hydrogen-bond acceptors (Lipinski definition) is 5. The highest BCUT2D eigenvalue weighted by molar-refractivity contribution is 7.99. The number of anilines is 1. The lowest BCUT2D eigenvalue weighted by atomic mass is 9.75. The van der Waals surface area contributed by atoms with E-state index in [0.717, 1.165) is 59.9 Å². The second-order valence-electron chi connectivity index (χ2n) is 10.2. The number of amides is 1. The van der Waals surface area contributed by atoms with E-state index in [1.54, 1.807) is 17.8 Å². The maximum atomic E-state index is 11.8. The molecule has 1 unspecified atom stereocenters. The number of phenolic OH excluding ortho intramolecular Hbond substituents is 1.